The number of anilines is 1. The largest absolute Gasteiger partial charge is 0.453 e. The molecule has 0 aliphatic carbocycles. The van der Waals surface area contributed by atoms with Crippen molar-refractivity contribution in [2.75, 3.05) is 5.32 Å². The summed E-state index contributed by atoms with van der Waals surface area (Å²) in [5.74, 6) is -2.34. The number of nitrogens with one attached hydrogen (secondary N) is 1. The molecule has 9 heteroatoms. The van der Waals surface area contributed by atoms with Crippen molar-refractivity contribution in [2.45, 2.75) is 18.6 Å². The normalized spacial score (nSPS) is 19.0. The minimum absolute atomic E-state index is 0.124. The van der Waals surface area contributed by atoms with E-state index in [2.05, 4.69) is 15.4 Å². The maximum absolute atomic E-state index is 13.3. The van der Waals surface area contributed by atoms with E-state index in [4.69, 9.17) is 0 Å². The summed E-state index contributed by atoms with van der Waals surface area (Å²) < 4.78 is 67.1. The Labute approximate surface area is 156 Å². The lowest BCUT2D eigenvalue weighted by atomic mass is 9.89. The van der Waals surface area contributed by atoms with Gasteiger partial charge in [0.15, 0.2) is 0 Å². The van der Waals surface area contributed by atoms with Gasteiger partial charge in [-0.25, -0.2) is 8.78 Å². The molecule has 4 rings (SSSR count). The van der Waals surface area contributed by atoms with E-state index < -0.39 is 29.2 Å². The first kappa shape index (κ1) is 18.1. The van der Waals surface area contributed by atoms with Gasteiger partial charge in [-0.2, -0.15) is 22.8 Å². The molecule has 0 saturated carbocycles. The number of hydrogen-bond acceptors (Lipinski definition) is 3. The van der Waals surface area contributed by atoms with Crippen molar-refractivity contribution >= 4 is 11.6 Å². The highest BCUT2D eigenvalue weighted by Gasteiger charge is 2.40. The maximum Gasteiger partial charge on any atom is 0.453 e. The molecular weight excluding hydrogens is 379 g/mol. The van der Waals surface area contributed by atoms with E-state index in [9.17, 15) is 22.0 Å². The molecule has 0 unspecified atom stereocenters. The van der Waals surface area contributed by atoms with Crippen LogP contribution in [0.3, 0.4) is 0 Å². The van der Waals surface area contributed by atoms with E-state index >= 15 is 0 Å². The van der Waals surface area contributed by atoms with Crippen LogP contribution >= 0.6 is 0 Å². The summed E-state index contributed by atoms with van der Waals surface area (Å²) in [5, 5.41) is 6.50. The lowest BCUT2D eigenvalue weighted by Crippen LogP contribution is -2.35. The van der Waals surface area contributed by atoms with Crippen LogP contribution < -0.4 is 5.32 Å². The standard InChI is InChI=1S/C19H13F5N4/c1-18(12-4-8-14(21)9-5-12)10-15(11-2-6-13(20)7-3-11)28-17(26-18)25-16(27-28)19(22,23)24/h2-10H,1H3,(H,25,26,27)/t18-/m1/s1. The number of hydrogen-bond donors (Lipinski definition) is 1. The molecule has 0 fully saturated rings. The Kier molecular flexibility index (Phi) is 3.99. The molecule has 1 atom stereocenters. The Hall–Kier alpha value is -3.23. The molecule has 144 valence electrons. The van der Waals surface area contributed by atoms with Crippen LogP contribution in [0.4, 0.5) is 27.9 Å². The summed E-state index contributed by atoms with van der Waals surface area (Å²) in [6.07, 6.45) is -3.08. The zero-order valence-electron chi connectivity index (χ0n) is 14.4. The summed E-state index contributed by atoms with van der Waals surface area (Å²) in [7, 11) is 0. The third-order valence-corrected chi connectivity index (χ3v) is 4.47. The monoisotopic (exact) mass is 392 g/mol. The van der Waals surface area contributed by atoms with E-state index in [1.54, 1.807) is 13.0 Å². The summed E-state index contributed by atoms with van der Waals surface area (Å²) in [4.78, 5) is 3.58. The molecule has 2 aromatic carbocycles. The van der Waals surface area contributed by atoms with Gasteiger partial charge in [0.25, 0.3) is 5.82 Å². The fourth-order valence-corrected chi connectivity index (χ4v) is 3.06. The van der Waals surface area contributed by atoms with Crippen LogP contribution in [-0.2, 0) is 11.7 Å². The summed E-state index contributed by atoms with van der Waals surface area (Å²) >= 11 is 0. The molecule has 2 heterocycles. The number of nitrogens with zero attached hydrogens (tertiary/aromatic N) is 3. The van der Waals surface area contributed by atoms with Gasteiger partial charge in [0.05, 0.1) is 11.2 Å². The first-order valence-electron chi connectivity index (χ1n) is 8.23. The van der Waals surface area contributed by atoms with Crippen molar-refractivity contribution in [1.82, 2.24) is 14.8 Å². The predicted octanol–water partition coefficient (Wildman–Crippen LogP) is 4.81. The maximum atomic E-state index is 13.3. The Morgan fingerprint density at radius 1 is 0.929 bits per heavy atom. The van der Waals surface area contributed by atoms with Gasteiger partial charge in [-0.3, -0.25) is 0 Å². The molecule has 0 radical (unpaired) electrons. The third-order valence-electron chi connectivity index (χ3n) is 4.47. The molecule has 0 bridgehead atoms. The highest BCUT2D eigenvalue weighted by Crippen LogP contribution is 2.38. The number of fused-ring (bicyclic) bond motifs is 1. The number of halogens is 5. The van der Waals surface area contributed by atoms with Gasteiger partial charge in [-0.15, -0.1) is 5.10 Å². The van der Waals surface area contributed by atoms with Gasteiger partial charge in [-0.05, 0) is 55.0 Å². The van der Waals surface area contributed by atoms with Crippen molar-refractivity contribution in [1.29, 1.82) is 0 Å². The Morgan fingerprint density at radius 3 is 2.07 bits per heavy atom. The molecular formula is C19H13F5N4. The summed E-state index contributed by atoms with van der Waals surface area (Å²) in [6, 6.07) is 10.9. The van der Waals surface area contributed by atoms with Gasteiger partial charge < -0.3 is 5.32 Å². The van der Waals surface area contributed by atoms with Crippen LogP contribution in [0.25, 0.3) is 5.70 Å². The minimum atomic E-state index is -4.73. The summed E-state index contributed by atoms with van der Waals surface area (Å²) in [5.41, 5.74) is 0.361. The predicted molar refractivity (Wildman–Crippen MR) is 92.2 cm³/mol. The van der Waals surface area contributed by atoms with Gasteiger partial charge >= 0.3 is 6.18 Å². The third kappa shape index (κ3) is 3.12. The van der Waals surface area contributed by atoms with E-state index in [1.165, 1.54) is 48.5 Å². The van der Waals surface area contributed by atoms with Crippen LogP contribution in [0.2, 0.25) is 0 Å². The second-order valence-electron chi connectivity index (χ2n) is 6.54. The highest BCUT2D eigenvalue weighted by atomic mass is 19.4. The zero-order chi connectivity index (χ0) is 20.1. The number of aromatic nitrogens is 3. The molecule has 4 nitrogen and oxygen atoms in total. The van der Waals surface area contributed by atoms with Crippen LogP contribution in [0.1, 0.15) is 23.9 Å². The molecule has 28 heavy (non-hydrogen) atoms. The molecule has 3 aromatic rings. The number of alkyl halides is 3. The zero-order valence-corrected chi connectivity index (χ0v) is 14.4. The van der Waals surface area contributed by atoms with Gasteiger partial charge in [0.1, 0.15) is 11.6 Å². The van der Waals surface area contributed by atoms with Crippen LogP contribution in [0.15, 0.2) is 54.6 Å². The van der Waals surface area contributed by atoms with Crippen LogP contribution in [0.5, 0.6) is 0 Å². The SMILES string of the molecule is C[C@]1(c2ccc(F)cc2)C=C(c2ccc(F)cc2)n2nc(C(F)(F)F)nc2N1. The van der Waals surface area contributed by atoms with E-state index in [-0.39, 0.29) is 5.95 Å². The summed E-state index contributed by atoms with van der Waals surface area (Å²) in [6.45, 7) is 1.72. The van der Waals surface area contributed by atoms with E-state index in [1.807, 2.05) is 0 Å². The average molecular weight is 392 g/mol. The Balaban J connectivity index is 1.90. The fourth-order valence-electron chi connectivity index (χ4n) is 3.06. The Bertz CT molecular complexity index is 1050. The van der Waals surface area contributed by atoms with E-state index in [0.29, 0.717) is 16.8 Å². The minimum Gasteiger partial charge on any atom is -0.341 e. The first-order valence-corrected chi connectivity index (χ1v) is 8.23. The van der Waals surface area contributed by atoms with Crippen molar-refractivity contribution < 1.29 is 22.0 Å². The van der Waals surface area contributed by atoms with Gasteiger partial charge in [-0.1, -0.05) is 12.1 Å². The number of benzene rings is 2. The van der Waals surface area contributed by atoms with Gasteiger partial charge in [0, 0.05) is 5.56 Å². The van der Waals surface area contributed by atoms with Gasteiger partial charge in [0.2, 0.25) is 5.95 Å². The molecule has 0 saturated heterocycles. The van der Waals surface area contributed by atoms with Crippen molar-refractivity contribution in [3.63, 3.8) is 0 Å². The van der Waals surface area contributed by atoms with E-state index in [0.717, 1.165) is 4.68 Å². The lowest BCUT2D eigenvalue weighted by molar-refractivity contribution is -0.144. The van der Waals surface area contributed by atoms with Crippen molar-refractivity contribution in [2.24, 2.45) is 0 Å². The molecule has 1 aliphatic heterocycles. The Morgan fingerprint density at radius 2 is 1.50 bits per heavy atom. The fraction of sp³-hybridized carbons (Fsp3) is 0.158. The number of rotatable bonds is 2. The molecule has 1 aromatic heterocycles. The molecule has 1 N–H and O–H groups in total. The second kappa shape index (κ2) is 6.15. The van der Waals surface area contributed by atoms with Crippen LogP contribution in [-0.4, -0.2) is 14.8 Å². The first-order chi connectivity index (χ1) is 13.2. The van der Waals surface area contributed by atoms with Crippen LogP contribution in [0, 0.1) is 11.6 Å². The highest BCUT2D eigenvalue weighted by molar-refractivity contribution is 5.73. The lowest BCUT2D eigenvalue weighted by Gasteiger charge is -2.33. The topological polar surface area (TPSA) is 42.7 Å². The average Bonchev–Trinajstić information content (AvgIpc) is 3.06. The smallest absolute Gasteiger partial charge is 0.341 e. The molecule has 1 aliphatic rings. The molecule has 0 amide bonds. The molecule has 0 spiro atoms. The second-order valence-corrected chi connectivity index (χ2v) is 6.54. The van der Waals surface area contributed by atoms with Crippen molar-refractivity contribution in [3.05, 3.63) is 83.2 Å². The van der Waals surface area contributed by atoms with Crippen molar-refractivity contribution in [3.8, 4) is 0 Å². The quantitative estimate of drug-likeness (QED) is 0.637.